The lowest BCUT2D eigenvalue weighted by molar-refractivity contribution is 0.720. The SMILES string of the molecule is Cc1ccc(N(c2ccccc2)c2ccc(-c3cccc(N(c4ccccc4)c4ccccc4)c3)cc2)cc1-c1cc(N(c2ccccc2)c2ccc(N(C3=CC=CCC3)C3C=CC=CC3)cc2)ccc1C. The molecule has 9 aromatic carbocycles. The average Bonchev–Trinajstić information content (AvgIpc) is 3.45. The van der Waals surface area contributed by atoms with Crippen LogP contribution in [0.15, 0.2) is 279 Å². The van der Waals surface area contributed by atoms with Crippen molar-refractivity contribution in [3.63, 3.8) is 0 Å². The van der Waals surface area contributed by atoms with Crippen molar-refractivity contribution in [2.75, 3.05) is 19.6 Å². The Balaban J connectivity index is 0.936. The van der Waals surface area contributed by atoms with Crippen LogP contribution >= 0.6 is 0 Å². The minimum Gasteiger partial charge on any atom is -0.338 e. The highest BCUT2D eigenvalue weighted by atomic mass is 15.2. The first-order chi connectivity index (χ1) is 35.6. The molecule has 350 valence electrons. The molecular weight excluding hydrogens is 873 g/mol. The van der Waals surface area contributed by atoms with E-state index >= 15 is 0 Å². The Labute approximate surface area is 425 Å². The Kier molecular flexibility index (Phi) is 13.3. The molecule has 1 atom stereocenters. The van der Waals surface area contributed by atoms with E-state index in [0.29, 0.717) is 0 Å². The van der Waals surface area contributed by atoms with Crippen molar-refractivity contribution < 1.29 is 0 Å². The van der Waals surface area contributed by atoms with Crippen molar-refractivity contribution in [2.24, 2.45) is 0 Å². The molecule has 2 aliphatic carbocycles. The van der Waals surface area contributed by atoms with Crippen molar-refractivity contribution in [3.8, 4) is 22.3 Å². The van der Waals surface area contributed by atoms with Crippen LogP contribution in [0.1, 0.15) is 30.4 Å². The van der Waals surface area contributed by atoms with Gasteiger partial charge in [0, 0.05) is 62.6 Å². The van der Waals surface area contributed by atoms with Crippen LogP contribution < -0.4 is 19.6 Å². The van der Waals surface area contributed by atoms with Gasteiger partial charge in [-0.3, -0.25) is 0 Å². The summed E-state index contributed by atoms with van der Waals surface area (Å²) in [5, 5.41) is 0. The summed E-state index contributed by atoms with van der Waals surface area (Å²) in [6, 6.07) is 83.7. The third kappa shape index (κ3) is 9.68. The predicted octanol–water partition coefficient (Wildman–Crippen LogP) is 19.0. The lowest BCUT2D eigenvalue weighted by Crippen LogP contribution is -2.34. The number of allylic oxidation sites excluding steroid dienone is 6. The minimum absolute atomic E-state index is 0.278. The van der Waals surface area contributed by atoms with Gasteiger partial charge in [-0.2, -0.15) is 0 Å². The van der Waals surface area contributed by atoms with E-state index in [-0.39, 0.29) is 6.04 Å². The fourth-order valence-electron chi connectivity index (χ4n) is 10.2. The molecule has 0 aromatic heterocycles. The van der Waals surface area contributed by atoms with Gasteiger partial charge in [0.15, 0.2) is 0 Å². The Morgan fingerprint density at radius 2 is 0.778 bits per heavy atom. The van der Waals surface area contributed by atoms with E-state index in [2.05, 4.69) is 307 Å². The number of hydrogen-bond donors (Lipinski definition) is 0. The molecule has 1 unspecified atom stereocenters. The van der Waals surface area contributed by atoms with Crippen molar-refractivity contribution in [2.45, 2.75) is 39.2 Å². The second kappa shape index (κ2) is 21.0. The van der Waals surface area contributed by atoms with Gasteiger partial charge in [-0.05, 0) is 194 Å². The third-order valence-corrected chi connectivity index (χ3v) is 13.8. The van der Waals surface area contributed by atoms with Crippen LogP contribution in [-0.2, 0) is 0 Å². The Morgan fingerprint density at radius 1 is 0.347 bits per heavy atom. The monoisotopic (exact) mass is 930 g/mol. The maximum atomic E-state index is 2.53. The molecule has 2 aliphatic rings. The molecule has 9 aromatic rings. The first-order valence-corrected chi connectivity index (χ1v) is 25.2. The summed E-state index contributed by atoms with van der Waals surface area (Å²) in [6.45, 7) is 4.46. The molecule has 4 nitrogen and oxygen atoms in total. The number of anilines is 10. The maximum absolute atomic E-state index is 2.53. The molecule has 0 fully saturated rings. The van der Waals surface area contributed by atoms with Gasteiger partial charge in [0.1, 0.15) is 0 Å². The summed E-state index contributed by atoms with van der Waals surface area (Å²) in [5.74, 6) is 0. The highest BCUT2D eigenvalue weighted by Crippen LogP contribution is 2.43. The van der Waals surface area contributed by atoms with Gasteiger partial charge >= 0.3 is 0 Å². The number of aryl methyl sites for hydroxylation is 2. The normalized spacial score (nSPS) is 13.9. The van der Waals surface area contributed by atoms with Gasteiger partial charge in [0.2, 0.25) is 0 Å². The summed E-state index contributed by atoms with van der Waals surface area (Å²) in [6.07, 6.45) is 18.8. The van der Waals surface area contributed by atoms with E-state index in [9.17, 15) is 0 Å². The van der Waals surface area contributed by atoms with Crippen LogP contribution in [0.2, 0.25) is 0 Å². The van der Waals surface area contributed by atoms with Crippen LogP contribution in [0.3, 0.4) is 0 Å². The fourth-order valence-corrected chi connectivity index (χ4v) is 10.2. The van der Waals surface area contributed by atoms with Crippen LogP contribution in [-0.4, -0.2) is 6.04 Å². The van der Waals surface area contributed by atoms with Gasteiger partial charge in [0.05, 0.1) is 6.04 Å². The molecule has 0 saturated carbocycles. The predicted molar refractivity (Wildman–Crippen MR) is 306 cm³/mol. The van der Waals surface area contributed by atoms with E-state index in [1.165, 1.54) is 33.6 Å². The molecule has 0 aliphatic heterocycles. The lowest BCUT2D eigenvalue weighted by Gasteiger charge is -2.35. The van der Waals surface area contributed by atoms with Crippen LogP contribution in [0.5, 0.6) is 0 Å². The Hall–Kier alpha value is -8.86. The first-order valence-electron chi connectivity index (χ1n) is 25.2. The smallest absolute Gasteiger partial charge is 0.0556 e. The highest BCUT2D eigenvalue weighted by molar-refractivity contribution is 5.87. The van der Waals surface area contributed by atoms with E-state index in [1.807, 2.05) is 0 Å². The lowest BCUT2D eigenvalue weighted by atomic mass is 9.94. The molecule has 0 saturated heterocycles. The molecule has 0 N–H and O–H groups in total. The summed E-state index contributed by atoms with van der Waals surface area (Å²) in [5.41, 5.74) is 19.6. The fraction of sp³-hybridized carbons (Fsp3) is 0.0882. The third-order valence-electron chi connectivity index (χ3n) is 13.8. The summed E-state index contributed by atoms with van der Waals surface area (Å²) in [4.78, 5) is 9.60. The van der Waals surface area contributed by atoms with Crippen molar-refractivity contribution in [3.05, 3.63) is 290 Å². The first kappa shape index (κ1) is 45.6. The maximum Gasteiger partial charge on any atom is 0.0556 e. The van der Waals surface area contributed by atoms with E-state index in [0.717, 1.165) is 81.6 Å². The van der Waals surface area contributed by atoms with Gasteiger partial charge in [-0.25, -0.2) is 0 Å². The van der Waals surface area contributed by atoms with Crippen LogP contribution in [0.25, 0.3) is 22.3 Å². The summed E-state index contributed by atoms with van der Waals surface area (Å²) >= 11 is 0. The van der Waals surface area contributed by atoms with Crippen LogP contribution in [0.4, 0.5) is 56.9 Å². The van der Waals surface area contributed by atoms with Gasteiger partial charge in [-0.15, -0.1) is 0 Å². The molecule has 0 bridgehead atoms. The molecule has 72 heavy (non-hydrogen) atoms. The molecule has 0 heterocycles. The number of nitrogens with zero attached hydrogens (tertiary/aromatic N) is 4. The molecule has 0 spiro atoms. The Morgan fingerprint density at radius 3 is 1.24 bits per heavy atom. The zero-order chi connectivity index (χ0) is 48.6. The standard InChI is InChI=1S/C68H58N4/c1-51-36-40-65(71(59-31-17-7-18-32-59)61-42-38-53(39-43-61)54-22-21-35-64(48-54)70(57-27-13-5-14-28-57)58-29-15-6-16-30-58)49-67(51)68-50-66(41-37-52(68)2)72(60-33-19-8-20-34-60)63-46-44-62(45-47-63)69(55-23-9-3-10-24-55)56-25-11-4-12-26-56/h3-11,13-23,25,27-50,55H,12,24,26H2,1-2H3. The summed E-state index contributed by atoms with van der Waals surface area (Å²) < 4.78 is 0. The molecule has 4 heteroatoms. The number of hydrogen-bond acceptors (Lipinski definition) is 4. The van der Waals surface area contributed by atoms with Gasteiger partial charge < -0.3 is 19.6 Å². The number of benzene rings is 9. The quantitative estimate of drug-likeness (QED) is 0.108. The zero-order valence-corrected chi connectivity index (χ0v) is 41.0. The molecule has 0 radical (unpaired) electrons. The van der Waals surface area contributed by atoms with Crippen LogP contribution in [0, 0.1) is 13.8 Å². The second-order valence-electron chi connectivity index (χ2n) is 18.6. The van der Waals surface area contributed by atoms with Crippen molar-refractivity contribution in [1.82, 2.24) is 0 Å². The largest absolute Gasteiger partial charge is 0.338 e. The Bertz CT molecular complexity index is 3350. The van der Waals surface area contributed by atoms with Crippen molar-refractivity contribution in [1.29, 1.82) is 0 Å². The van der Waals surface area contributed by atoms with Gasteiger partial charge in [0.25, 0.3) is 0 Å². The summed E-state index contributed by atoms with van der Waals surface area (Å²) in [7, 11) is 0. The number of rotatable bonds is 14. The molecular formula is C68H58N4. The number of para-hydroxylation sites is 4. The molecule has 11 rings (SSSR count). The highest BCUT2D eigenvalue weighted by Gasteiger charge is 2.23. The second-order valence-corrected chi connectivity index (χ2v) is 18.6. The minimum atomic E-state index is 0.278. The zero-order valence-electron chi connectivity index (χ0n) is 41.0. The average molecular weight is 931 g/mol. The molecule has 0 amide bonds. The van der Waals surface area contributed by atoms with Crippen molar-refractivity contribution >= 4 is 56.9 Å². The topological polar surface area (TPSA) is 13.0 Å². The van der Waals surface area contributed by atoms with E-state index in [1.54, 1.807) is 0 Å². The van der Waals surface area contributed by atoms with E-state index < -0.39 is 0 Å². The van der Waals surface area contributed by atoms with Gasteiger partial charge in [-0.1, -0.05) is 146 Å². The van der Waals surface area contributed by atoms with E-state index in [4.69, 9.17) is 0 Å².